The Bertz CT molecular complexity index is 434. The summed E-state index contributed by atoms with van der Waals surface area (Å²) in [6, 6.07) is 6.16. The molecule has 4 heteroatoms. The predicted molar refractivity (Wildman–Crippen MR) is 83.6 cm³/mol. The van der Waals surface area contributed by atoms with E-state index in [1.54, 1.807) is 0 Å². The van der Waals surface area contributed by atoms with Crippen LogP contribution < -0.4 is 11.1 Å². The van der Waals surface area contributed by atoms with E-state index in [0.29, 0.717) is 11.8 Å². The van der Waals surface area contributed by atoms with E-state index in [4.69, 9.17) is 5.73 Å². The quantitative estimate of drug-likeness (QED) is 0.785. The van der Waals surface area contributed by atoms with Gasteiger partial charge in [0, 0.05) is 28.3 Å². The van der Waals surface area contributed by atoms with E-state index in [9.17, 15) is 4.79 Å². The van der Waals surface area contributed by atoms with Gasteiger partial charge < -0.3 is 11.1 Å². The molecule has 0 aliphatic carbocycles. The van der Waals surface area contributed by atoms with Gasteiger partial charge in [-0.2, -0.15) is 0 Å². The van der Waals surface area contributed by atoms with E-state index in [-0.39, 0.29) is 11.8 Å². The van der Waals surface area contributed by atoms with Crippen molar-refractivity contribution >= 4 is 23.4 Å². The molecule has 0 spiro atoms. The molecule has 106 valence electrons. The summed E-state index contributed by atoms with van der Waals surface area (Å²) in [5, 5.41) is 3.54. The minimum atomic E-state index is -0.159. The molecular formula is C15H24N2OS. The monoisotopic (exact) mass is 280 g/mol. The number of carbonyl (C=O) groups excluding carboxylic acids is 1. The zero-order valence-corrected chi connectivity index (χ0v) is 13.0. The first-order chi connectivity index (χ1) is 8.97. The van der Waals surface area contributed by atoms with Crippen LogP contribution in [0.4, 0.5) is 5.69 Å². The van der Waals surface area contributed by atoms with Crippen LogP contribution in [0, 0.1) is 12.8 Å². The van der Waals surface area contributed by atoms with Gasteiger partial charge in [-0.3, -0.25) is 4.79 Å². The topological polar surface area (TPSA) is 55.1 Å². The number of nitrogens with one attached hydrogen (secondary N) is 1. The average molecular weight is 280 g/mol. The van der Waals surface area contributed by atoms with E-state index < -0.39 is 0 Å². The maximum atomic E-state index is 11.8. The average Bonchev–Trinajstić information content (AvgIpc) is 2.40. The highest BCUT2D eigenvalue weighted by Crippen LogP contribution is 2.28. The second-order valence-corrected chi connectivity index (χ2v) is 6.45. The summed E-state index contributed by atoms with van der Waals surface area (Å²) in [6.45, 7) is 8.62. The lowest BCUT2D eigenvalue weighted by Crippen LogP contribution is -2.26. The van der Waals surface area contributed by atoms with Crippen LogP contribution in [-0.4, -0.2) is 17.7 Å². The summed E-state index contributed by atoms with van der Waals surface area (Å²) < 4.78 is 0. The first-order valence-electron chi connectivity index (χ1n) is 6.76. The number of rotatable bonds is 6. The third-order valence-electron chi connectivity index (χ3n) is 3.17. The molecule has 1 rings (SSSR count). The van der Waals surface area contributed by atoms with Crippen molar-refractivity contribution in [3.05, 3.63) is 23.8 Å². The molecule has 0 saturated carbocycles. The van der Waals surface area contributed by atoms with Crippen molar-refractivity contribution in [3.8, 4) is 0 Å². The second-order valence-electron chi connectivity index (χ2n) is 4.94. The van der Waals surface area contributed by atoms with Crippen LogP contribution in [0.5, 0.6) is 0 Å². The van der Waals surface area contributed by atoms with Gasteiger partial charge in [-0.1, -0.05) is 20.8 Å². The van der Waals surface area contributed by atoms with Crippen LogP contribution in [0.15, 0.2) is 23.1 Å². The van der Waals surface area contributed by atoms with Gasteiger partial charge in [-0.25, -0.2) is 0 Å². The smallest absolute Gasteiger partial charge is 0.228 e. The van der Waals surface area contributed by atoms with Crippen molar-refractivity contribution in [2.75, 3.05) is 11.9 Å². The highest BCUT2D eigenvalue weighted by Gasteiger charge is 2.12. The fourth-order valence-electron chi connectivity index (χ4n) is 1.53. The van der Waals surface area contributed by atoms with Crippen LogP contribution >= 0.6 is 11.8 Å². The van der Waals surface area contributed by atoms with Crippen LogP contribution in [0.25, 0.3) is 0 Å². The normalized spacial score (nSPS) is 13.9. The molecule has 1 aromatic rings. The molecule has 2 atom stereocenters. The Labute approximate surface area is 120 Å². The molecule has 3 N–H and O–H groups in total. The van der Waals surface area contributed by atoms with E-state index >= 15 is 0 Å². The lowest BCUT2D eigenvalue weighted by molar-refractivity contribution is -0.119. The third-order valence-corrected chi connectivity index (χ3v) is 4.43. The van der Waals surface area contributed by atoms with Crippen LogP contribution in [-0.2, 0) is 4.79 Å². The fraction of sp³-hybridized carbons (Fsp3) is 0.533. The number of nitrogens with two attached hydrogens (primary N) is 1. The van der Waals surface area contributed by atoms with Gasteiger partial charge in [0.1, 0.15) is 0 Å². The molecule has 3 nitrogen and oxygen atoms in total. The Hall–Kier alpha value is -1.00. The highest BCUT2D eigenvalue weighted by atomic mass is 32.2. The molecule has 0 fully saturated rings. The van der Waals surface area contributed by atoms with Gasteiger partial charge in [0.25, 0.3) is 0 Å². The van der Waals surface area contributed by atoms with Crippen molar-refractivity contribution in [1.29, 1.82) is 0 Å². The van der Waals surface area contributed by atoms with Crippen molar-refractivity contribution in [2.45, 2.75) is 44.3 Å². The summed E-state index contributed by atoms with van der Waals surface area (Å²) in [5.74, 6) is -0.179. The summed E-state index contributed by atoms with van der Waals surface area (Å²) >= 11 is 1.86. The lowest BCUT2D eigenvalue weighted by Gasteiger charge is -2.14. The van der Waals surface area contributed by atoms with Gasteiger partial charge in [0.2, 0.25) is 5.91 Å². The van der Waals surface area contributed by atoms with Crippen LogP contribution in [0.1, 0.15) is 32.8 Å². The Morgan fingerprint density at radius 3 is 2.63 bits per heavy atom. The molecule has 1 aromatic carbocycles. The number of amides is 1. The van der Waals surface area contributed by atoms with Crippen molar-refractivity contribution in [3.63, 3.8) is 0 Å². The van der Waals surface area contributed by atoms with Crippen molar-refractivity contribution in [2.24, 2.45) is 11.7 Å². The molecule has 0 heterocycles. The molecular weight excluding hydrogens is 256 g/mol. The molecule has 0 bridgehead atoms. The summed E-state index contributed by atoms with van der Waals surface area (Å²) in [6.07, 6.45) is 1.15. The Kier molecular flexibility index (Phi) is 6.38. The van der Waals surface area contributed by atoms with Crippen molar-refractivity contribution in [1.82, 2.24) is 0 Å². The first-order valence-corrected chi connectivity index (χ1v) is 7.64. The summed E-state index contributed by atoms with van der Waals surface area (Å²) in [4.78, 5) is 13.1. The molecule has 0 aromatic heterocycles. The molecule has 2 unspecified atom stereocenters. The summed E-state index contributed by atoms with van der Waals surface area (Å²) in [5.41, 5.74) is 7.46. The number of benzene rings is 1. The molecule has 0 radical (unpaired) electrons. The standard InChI is InChI=1S/C15H24N2OS/c1-5-12(4)19-13-6-7-14(10(2)8-13)17-15(18)11(3)9-16/h6-8,11-12H,5,9,16H2,1-4H3,(H,17,18). The largest absolute Gasteiger partial charge is 0.330 e. The SMILES string of the molecule is CCC(C)Sc1ccc(NC(=O)C(C)CN)c(C)c1. The van der Waals surface area contributed by atoms with Gasteiger partial charge in [-0.05, 0) is 37.1 Å². The maximum Gasteiger partial charge on any atom is 0.228 e. The summed E-state index contributed by atoms with van der Waals surface area (Å²) in [7, 11) is 0. The fourth-order valence-corrected chi connectivity index (χ4v) is 2.55. The molecule has 1 amide bonds. The Morgan fingerprint density at radius 1 is 1.42 bits per heavy atom. The van der Waals surface area contributed by atoms with E-state index in [1.165, 1.54) is 4.90 Å². The number of hydrogen-bond donors (Lipinski definition) is 2. The predicted octanol–water partition coefficient (Wildman–Crippen LogP) is 3.42. The minimum absolute atomic E-state index is 0.0204. The van der Waals surface area contributed by atoms with Crippen molar-refractivity contribution < 1.29 is 4.79 Å². The van der Waals surface area contributed by atoms with E-state index in [1.807, 2.05) is 31.7 Å². The number of aryl methyl sites for hydroxylation is 1. The molecule has 0 aliphatic heterocycles. The van der Waals surface area contributed by atoms with E-state index in [0.717, 1.165) is 17.7 Å². The number of anilines is 1. The zero-order valence-electron chi connectivity index (χ0n) is 12.2. The first kappa shape index (κ1) is 16.1. The van der Waals surface area contributed by atoms with Gasteiger partial charge in [-0.15, -0.1) is 11.8 Å². The third kappa shape index (κ3) is 4.88. The zero-order chi connectivity index (χ0) is 14.4. The highest BCUT2D eigenvalue weighted by molar-refractivity contribution is 7.99. The van der Waals surface area contributed by atoms with E-state index in [2.05, 4.69) is 31.3 Å². The number of carbonyl (C=O) groups is 1. The van der Waals surface area contributed by atoms with Gasteiger partial charge >= 0.3 is 0 Å². The Morgan fingerprint density at radius 2 is 2.11 bits per heavy atom. The maximum absolute atomic E-state index is 11.8. The van der Waals surface area contributed by atoms with Gasteiger partial charge in [0.15, 0.2) is 0 Å². The van der Waals surface area contributed by atoms with Crippen LogP contribution in [0.2, 0.25) is 0 Å². The minimum Gasteiger partial charge on any atom is -0.330 e. The number of hydrogen-bond acceptors (Lipinski definition) is 3. The Balaban J connectivity index is 2.74. The molecule has 0 saturated heterocycles. The van der Waals surface area contributed by atoms with Crippen LogP contribution in [0.3, 0.4) is 0 Å². The molecule has 19 heavy (non-hydrogen) atoms. The lowest BCUT2D eigenvalue weighted by atomic mass is 10.1. The molecule has 0 aliphatic rings. The van der Waals surface area contributed by atoms with Gasteiger partial charge in [0.05, 0.1) is 0 Å². The second kappa shape index (κ2) is 7.56. The number of thioether (sulfide) groups is 1.